The molecule has 0 aliphatic heterocycles. The molecule has 1 rings (SSSR count). The monoisotopic (exact) mass is 281 g/mol. The Hall–Kier alpha value is -1.24. The van der Waals surface area contributed by atoms with Crippen LogP contribution in [0, 0.1) is 0 Å². The third-order valence-corrected chi connectivity index (χ3v) is 3.62. The lowest BCUT2D eigenvalue weighted by atomic mass is 10.0. The maximum atomic E-state index is 12.3. The summed E-state index contributed by atoms with van der Waals surface area (Å²) in [7, 11) is -5.37. The fourth-order valence-corrected chi connectivity index (χ4v) is 2.21. The molecule has 0 bridgehead atoms. The van der Waals surface area contributed by atoms with Crippen LogP contribution in [0.3, 0.4) is 0 Å². The van der Waals surface area contributed by atoms with Gasteiger partial charge in [0, 0.05) is 0 Å². The third kappa shape index (κ3) is 2.95. The van der Waals surface area contributed by atoms with Gasteiger partial charge in [0.05, 0.1) is 5.69 Å². The molecule has 0 radical (unpaired) electrons. The summed E-state index contributed by atoms with van der Waals surface area (Å²) in [6.07, 6.45) is 0.896. The van der Waals surface area contributed by atoms with Gasteiger partial charge in [-0.05, 0) is 24.0 Å². The molecule has 0 fully saturated rings. The lowest BCUT2D eigenvalue weighted by Crippen LogP contribution is -2.30. The Kier molecular flexibility index (Phi) is 4.26. The standard InChI is InChI=1S/C11H14F3NO2S/c1-3-8-6-5-7-9(4-2)10(8)15-18(16,17)11(12,13)14/h5-7,15H,3-4H2,1-2H3. The molecular weight excluding hydrogens is 267 g/mol. The van der Waals surface area contributed by atoms with Crippen molar-refractivity contribution in [2.45, 2.75) is 32.2 Å². The van der Waals surface area contributed by atoms with Crippen LogP contribution >= 0.6 is 0 Å². The molecule has 0 heterocycles. The number of sulfonamides is 1. The number of anilines is 1. The van der Waals surface area contributed by atoms with Gasteiger partial charge in [-0.15, -0.1) is 0 Å². The number of benzene rings is 1. The van der Waals surface area contributed by atoms with Gasteiger partial charge in [-0.25, -0.2) is 0 Å². The highest BCUT2D eigenvalue weighted by molar-refractivity contribution is 7.93. The molecule has 0 aliphatic carbocycles. The number of rotatable bonds is 4. The lowest BCUT2D eigenvalue weighted by Gasteiger charge is -2.16. The third-order valence-electron chi connectivity index (χ3n) is 2.54. The van der Waals surface area contributed by atoms with Crippen LogP contribution in [-0.2, 0) is 22.9 Å². The Labute approximate surface area is 104 Å². The minimum absolute atomic E-state index is 0.0415. The van der Waals surface area contributed by atoms with E-state index in [1.165, 1.54) is 0 Å². The van der Waals surface area contributed by atoms with Crippen molar-refractivity contribution in [3.05, 3.63) is 29.3 Å². The SMILES string of the molecule is CCc1cccc(CC)c1NS(=O)(=O)C(F)(F)F. The van der Waals surface area contributed by atoms with Crippen LogP contribution in [0.2, 0.25) is 0 Å². The van der Waals surface area contributed by atoms with Crippen molar-refractivity contribution in [2.24, 2.45) is 0 Å². The van der Waals surface area contributed by atoms with Crippen molar-refractivity contribution in [3.8, 4) is 0 Å². The highest BCUT2D eigenvalue weighted by atomic mass is 32.2. The number of hydrogen-bond donors (Lipinski definition) is 1. The van der Waals surface area contributed by atoms with E-state index in [2.05, 4.69) is 0 Å². The van der Waals surface area contributed by atoms with E-state index in [9.17, 15) is 21.6 Å². The fraction of sp³-hybridized carbons (Fsp3) is 0.455. The molecule has 1 aromatic rings. The highest BCUT2D eigenvalue weighted by Gasteiger charge is 2.46. The van der Waals surface area contributed by atoms with Crippen LogP contribution in [0.4, 0.5) is 18.9 Å². The minimum atomic E-state index is -5.37. The van der Waals surface area contributed by atoms with Crippen molar-refractivity contribution >= 4 is 15.7 Å². The normalized spacial score (nSPS) is 12.5. The second-order valence-electron chi connectivity index (χ2n) is 3.71. The van der Waals surface area contributed by atoms with Crippen LogP contribution in [-0.4, -0.2) is 13.9 Å². The minimum Gasteiger partial charge on any atom is -0.275 e. The molecule has 0 aliphatic rings. The molecule has 0 saturated carbocycles. The van der Waals surface area contributed by atoms with Gasteiger partial charge in [0.25, 0.3) is 0 Å². The zero-order valence-corrected chi connectivity index (χ0v) is 10.8. The molecule has 0 saturated heterocycles. The van der Waals surface area contributed by atoms with E-state index < -0.39 is 15.5 Å². The van der Waals surface area contributed by atoms with Crippen molar-refractivity contribution in [1.29, 1.82) is 0 Å². The van der Waals surface area contributed by atoms with E-state index in [1.807, 2.05) is 0 Å². The van der Waals surface area contributed by atoms with E-state index in [1.54, 1.807) is 36.8 Å². The first-order valence-corrected chi connectivity index (χ1v) is 6.91. The maximum absolute atomic E-state index is 12.3. The Morgan fingerprint density at radius 2 is 1.56 bits per heavy atom. The number of aryl methyl sites for hydroxylation is 2. The van der Waals surface area contributed by atoms with E-state index in [-0.39, 0.29) is 5.69 Å². The topological polar surface area (TPSA) is 46.2 Å². The van der Waals surface area contributed by atoms with Gasteiger partial charge in [-0.2, -0.15) is 21.6 Å². The lowest BCUT2D eigenvalue weighted by molar-refractivity contribution is -0.0429. The first-order valence-electron chi connectivity index (χ1n) is 5.42. The van der Waals surface area contributed by atoms with Crippen LogP contribution in [0.5, 0.6) is 0 Å². The molecule has 3 nitrogen and oxygen atoms in total. The average Bonchev–Trinajstić information content (AvgIpc) is 2.27. The maximum Gasteiger partial charge on any atom is 0.516 e. The Balaban J connectivity index is 3.27. The number of nitrogens with one attached hydrogen (secondary N) is 1. The van der Waals surface area contributed by atoms with E-state index in [0.29, 0.717) is 24.0 Å². The molecule has 18 heavy (non-hydrogen) atoms. The van der Waals surface area contributed by atoms with Crippen molar-refractivity contribution in [2.75, 3.05) is 4.72 Å². The summed E-state index contributed by atoms with van der Waals surface area (Å²) >= 11 is 0. The summed E-state index contributed by atoms with van der Waals surface area (Å²) < 4.78 is 60.9. The fourth-order valence-electron chi connectivity index (χ4n) is 1.57. The van der Waals surface area contributed by atoms with Crippen LogP contribution < -0.4 is 4.72 Å². The van der Waals surface area contributed by atoms with Gasteiger partial charge < -0.3 is 0 Å². The molecular formula is C11H14F3NO2S. The van der Waals surface area contributed by atoms with E-state index in [0.717, 1.165) is 0 Å². The molecule has 0 unspecified atom stereocenters. The van der Waals surface area contributed by atoms with Gasteiger partial charge in [0.2, 0.25) is 0 Å². The van der Waals surface area contributed by atoms with Gasteiger partial charge in [0.15, 0.2) is 0 Å². The summed E-state index contributed by atoms with van der Waals surface area (Å²) in [4.78, 5) is 0. The van der Waals surface area contributed by atoms with Crippen molar-refractivity contribution < 1.29 is 21.6 Å². The second kappa shape index (κ2) is 5.17. The summed E-state index contributed by atoms with van der Waals surface area (Å²) in [5.41, 5.74) is -4.18. The second-order valence-corrected chi connectivity index (χ2v) is 5.38. The Bertz CT molecular complexity index is 501. The van der Waals surface area contributed by atoms with Crippen LogP contribution in [0.25, 0.3) is 0 Å². The van der Waals surface area contributed by atoms with E-state index in [4.69, 9.17) is 0 Å². The quantitative estimate of drug-likeness (QED) is 0.922. The van der Waals surface area contributed by atoms with Crippen molar-refractivity contribution in [1.82, 2.24) is 0 Å². The molecule has 1 aromatic carbocycles. The predicted molar refractivity (Wildman–Crippen MR) is 63.8 cm³/mol. The van der Waals surface area contributed by atoms with Crippen LogP contribution in [0.15, 0.2) is 18.2 Å². The average molecular weight is 281 g/mol. The Morgan fingerprint density at radius 3 is 1.89 bits per heavy atom. The highest BCUT2D eigenvalue weighted by Crippen LogP contribution is 2.29. The Morgan fingerprint density at radius 1 is 1.11 bits per heavy atom. The molecule has 0 aromatic heterocycles. The molecule has 102 valence electrons. The zero-order valence-electron chi connectivity index (χ0n) is 10.0. The van der Waals surface area contributed by atoms with Gasteiger partial charge in [0.1, 0.15) is 0 Å². The number of alkyl halides is 3. The number of para-hydroxylation sites is 1. The van der Waals surface area contributed by atoms with Crippen LogP contribution in [0.1, 0.15) is 25.0 Å². The molecule has 7 heteroatoms. The van der Waals surface area contributed by atoms with Crippen molar-refractivity contribution in [3.63, 3.8) is 0 Å². The van der Waals surface area contributed by atoms with Gasteiger partial charge >= 0.3 is 15.5 Å². The molecule has 1 N–H and O–H groups in total. The zero-order chi connectivity index (χ0) is 14.0. The van der Waals surface area contributed by atoms with E-state index >= 15 is 0 Å². The number of halogens is 3. The molecule has 0 spiro atoms. The molecule has 0 amide bonds. The first-order chi connectivity index (χ1) is 8.23. The van der Waals surface area contributed by atoms with Gasteiger partial charge in [-0.3, -0.25) is 4.72 Å². The molecule has 0 atom stereocenters. The smallest absolute Gasteiger partial charge is 0.275 e. The van der Waals surface area contributed by atoms with Gasteiger partial charge in [-0.1, -0.05) is 32.0 Å². The summed E-state index contributed by atoms with van der Waals surface area (Å²) in [5.74, 6) is 0. The largest absolute Gasteiger partial charge is 0.516 e. The summed E-state index contributed by atoms with van der Waals surface area (Å²) in [6, 6.07) is 4.91. The summed E-state index contributed by atoms with van der Waals surface area (Å²) in [5, 5.41) is 0. The number of hydrogen-bond acceptors (Lipinski definition) is 2. The first kappa shape index (κ1) is 14.8. The predicted octanol–water partition coefficient (Wildman–Crippen LogP) is 3.07. The summed E-state index contributed by atoms with van der Waals surface area (Å²) in [6.45, 7) is 3.50.